The molecule has 2 unspecified atom stereocenters. The first-order valence-electron chi connectivity index (χ1n) is 10.5. The Labute approximate surface area is 202 Å². The lowest BCUT2D eigenvalue weighted by Crippen LogP contribution is -2.56. The molecule has 6 rings (SSSR count). The van der Waals surface area contributed by atoms with Crippen LogP contribution in [-0.2, 0) is 11.3 Å². The lowest BCUT2D eigenvalue weighted by molar-refractivity contribution is -0.385. The van der Waals surface area contributed by atoms with Crippen LogP contribution in [0.3, 0.4) is 0 Å². The minimum atomic E-state index is -0.897. The van der Waals surface area contributed by atoms with E-state index in [2.05, 4.69) is 39.0 Å². The third-order valence-corrected chi connectivity index (χ3v) is 7.45. The summed E-state index contributed by atoms with van der Waals surface area (Å²) in [6.45, 7) is 0.480. The first-order valence-corrected chi connectivity index (χ1v) is 11.8. The van der Waals surface area contributed by atoms with Gasteiger partial charge in [-0.05, 0) is 18.2 Å². The first kappa shape index (κ1) is 20.8. The molecule has 3 heterocycles. The van der Waals surface area contributed by atoms with E-state index in [1.165, 1.54) is 22.3 Å². The Morgan fingerprint density at radius 1 is 0.941 bits per heavy atom. The number of aromatic nitrogens is 3. The highest BCUT2D eigenvalue weighted by atomic mass is 35.5. The van der Waals surface area contributed by atoms with Gasteiger partial charge in [0.15, 0.2) is 0 Å². The van der Waals surface area contributed by atoms with Crippen LogP contribution in [0.15, 0.2) is 72.8 Å². The summed E-state index contributed by atoms with van der Waals surface area (Å²) in [5.41, 5.74) is 2.47. The maximum absolute atomic E-state index is 12.7. The standard InChI is InChI=1S/C24H16ClN5O3S/c25-21-22(16-9-3-6-12-19(16)30(32)33)29(23(21)31)24-27-26-20(34-24)13-28-17-10-4-1-7-14(17)15-8-2-5-11-18(15)28/h1-12,21-22H,13H2. The summed E-state index contributed by atoms with van der Waals surface area (Å²) in [6, 6.07) is 22.0. The van der Waals surface area contributed by atoms with Gasteiger partial charge in [-0.1, -0.05) is 59.9 Å². The van der Waals surface area contributed by atoms with E-state index in [4.69, 9.17) is 11.6 Å². The largest absolute Gasteiger partial charge is 0.333 e. The number of β-lactam (4-membered cyclic amide) rings is 1. The number of nitro groups is 1. The number of carbonyl (C=O) groups is 1. The monoisotopic (exact) mass is 489 g/mol. The van der Waals surface area contributed by atoms with Crippen LogP contribution < -0.4 is 4.90 Å². The van der Waals surface area contributed by atoms with Crippen LogP contribution in [-0.4, -0.2) is 31.0 Å². The molecule has 168 valence electrons. The Bertz CT molecular complexity index is 1540. The van der Waals surface area contributed by atoms with E-state index in [0.717, 1.165) is 21.8 Å². The highest BCUT2D eigenvalue weighted by molar-refractivity contribution is 7.15. The van der Waals surface area contributed by atoms with E-state index in [1.54, 1.807) is 18.2 Å². The number of hydrogen-bond acceptors (Lipinski definition) is 6. The lowest BCUT2D eigenvalue weighted by atomic mass is 9.92. The van der Waals surface area contributed by atoms with Gasteiger partial charge < -0.3 is 4.57 Å². The van der Waals surface area contributed by atoms with Crippen LogP contribution in [0.25, 0.3) is 21.8 Å². The molecule has 1 amide bonds. The van der Waals surface area contributed by atoms with Crippen molar-refractivity contribution >= 4 is 61.5 Å². The Morgan fingerprint density at radius 2 is 1.56 bits per heavy atom. The quantitative estimate of drug-likeness (QED) is 0.144. The van der Waals surface area contributed by atoms with Gasteiger partial charge in [0.25, 0.3) is 5.69 Å². The number of alkyl halides is 1. The third-order valence-electron chi connectivity index (χ3n) is 6.12. The third kappa shape index (κ3) is 3.08. The summed E-state index contributed by atoms with van der Waals surface area (Å²) in [5.74, 6) is -0.343. The molecule has 8 nitrogen and oxygen atoms in total. The molecule has 2 atom stereocenters. The van der Waals surface area contributed by atoms with Crippen LogP contribution in [0.2, 0.25) is 0 Å². The molecule has 2 aromatic heterocycles. The van der Waals surface area contributed by atoms with E-state index >= 15 is 0 Å². The zero-order valence-corrected chi connectivity index (χ0v) is 19.1. The molecule has 0 radical (unpaired) electrons. The molecule has 0 aliphatic carbocycles. The predicted octanol–water partition coefficient (Wildman–Crippen LogP) is 5.30. The second-order valence-electron chi connectivity index (χ2n) is 7.97. The van der Waals surface area contributed by atoms with E-state index < -0.39 is 16.3 Å². The van der Waals surface area contributed by atoms with Crippen LogP contribution >= 0.6 is 22.9 Å². The second kappa shape index (κ2) is 7.89. The number of nitrogens with zero attached hydrogens (tertiary/aromatic N) is 5. The van der Waals surface area contributed by atoms with Crippen molar-refractivity contribution in [3.8, 4) is 0 Å². The molecule has 0 N–H and O–H groups in total. The predicted molar refractivity (Wildman–Crippen MR) is 131 cm³/mol. The Hall–Kier alpha value is -3.82. The molecular formula is C24H16ClN5O3S. The first-order chi connectivity index (χ1) is 16.5. The average Bonchev–Trinajstić information content (AvgIpc) is 3.45. The highest BCUT2D eigenvalue weighted by Gasteiger charge is 2.51. The summed E-state index contributed by atoms with van der Waals surface area (Å²) < 4.78 is 2.18. The fourth-order valence-electron chi connectivity index (χ4n) is 4.58. The fraction of sp³-hybridized carbons (Fsp3) is 0.125. The molecule has 1 aliphatic heterocycles. The van der Waals surface area contributed by atoms with Crippen molar-refractivity contribution < 1.29 is 9.72 Å². The average molecular weight is 490 g/mol. The number of anilines is 1. The maximum atomic E-state index is 12.7. The van der Waals surface area contributed by atoms with Crippen LogP contribution in [0.1, 0.15) is 16.6 Å². The smallest absolute Gasteiger partial charge is 0.274 e. The summed E-state index contributed by atoms with van der Waals surface area (Å²) in [7, 11) is 0. The lowest BCUT2D eigenvalue weighted by Gasteiger charge is -2.42. The topological polar surface area (TPSA) is 94.2 Å². The van der Waals surface area contributed by atoms with Gasteiger partial charge in [-0.2, -0.15) is 0 Å². The van der Waals surface area contributed by atoms with Crippen LogP contribution in [0.4, 0.5) is 10.8 Å². The molecule has 3 aromatic carbocycles. The summed E-state index contributed by atoms with van der Waals surface area (Å²) >= 11 is 7.60. The molecule has 0 bridgehead atoms. The van der Waals surface area contributed by atoms with Gasteiger partial charge in [-0.25, -0.2) is 0 Å². The molecule has 0 saturated carbocycles. The molecular weight excluding hydrogens is 474 g/mol. The van der Waals surface area contributed by atoms with Crippen LogP contribution in [0.5, 0.6) is 0 Å². The Kier molecular flexibility index (Phi) is 4.82. The Morgan fingerprint density at radius 3 is 2.24 bits per heavy atom. The fourth-order valence-corrected chi connectivity index (χ4v) is 5.81. The molecule has 1 aliphatic rings. The van der Waals surface area contributed by atoms with Gasteiger partial charge in [-0.3, -0.25) is 19.8 Å². The summed E-state index contributed by atoms with van der Waals surface area (Å²) in [6.07, 6.45) is 0. The number of carbonyl (C=O) groups excluding carboxylic acids is 1. The number of nitro benzene ring substituents is 1. The van der Waals surface area contributed by atoms with Crippen molar-refractivity contribution in [3.05, 3.63) is 93.5 Å². The van der Waals surface area contributed by atoms with E-state index in [1.807, 2.05) is 24.3 Å². The highest BCUT2D eigenvalue weighted by Crippen LogP contribution is 2.45. The molecule has 0 spiro atoms. The molecule has 5 aromatic rings. The van der Waals surface area contributed by atoms with Crippen molar-refractivity contribution in [2.24, 2.45) is 0 Å². The van der Waals surface area contributed by atoms with Gasteiger partial charge in [-0.15, -0.1) is 21.8 Å². The van der Waals surface area contributed by atoms with Gasteiger partial charge in [0.2, 0.25) is 11.0 Å². The van der Waals surface area contributed by atoms with Gasteiger partial charge >= 0.3 is 0 Å². The second-order valence-corrected chi connectivity index (χ2v) is 9.48. The zero-order valence-electron chi connectivity index (χ0n) is 17.5. The summed E-state index contributed by atoms with van der Waals surface area (Å²) in [4.78, 5) is 25.1. The SMILES string of the molecule is O=C1C(Cl)C(c2ccccc2[N+](=O)[O-])N1c1nnc(Cn2c3ccccc3c3ccccc32)s1. The van der Waals surface area contributed by atoms with Gasteiger partial charge in [0.05, 0.1) is 23.1 Å². The van der Waals surface area contributed by atoms with Gasteiger partial charge in [0, 0.05) is 27.9 Å². The van der Waals surface area contributed by atoms with Crippen molar-refractivity contribution in [1.82, 2.24) is 14.8 Å². The maximum Gasteiger partial charge on any atom is 0.274 e. The van der Waals surface area contributed by atoms with Gasteiger partial charge in [0.1, 0.15) is 10.4 Å². The molecule has 1 fully saturated rings. The number of para-hydroxylation sites is 3. The number of amides is 1. The minimum absolute atomic E-state index is 0.0781. The Balaban J connectivity index is 1.37. The number of halogens is 1. The van der Waals surface area contributed by atoms with Crippen molar-refractivity contribution in [2.75, 3.05) is 4.90 Å². The van der Waals surface area contributed by atoms with E-state index in [-0.39, 0.29) is 11.6 Å². The summed E-state index contributed by atoms with van der Waals surface area (Å²) in [5, 5.41) is 22.6. The van der Waals surface area contributed by atoms with Crippen molar-refractivity contribution in [3.63, 3.8) is 0 Å². The molecule has 34 heavy (non-hydrogen) atoms. The number of benzene rings is 3. The zero-order chi connectivity index (χ0) is 23.4. The van der Waals surface area contributed by atoms with Crippen molar-refractivity contribution in [2.45, 2.75) is 18.0 Å². The normalized spacial score (nSPS) is 17.9. The van der Waals surface area contributed by atoms with E-state index in [0.29, 0.717) is 22.2 Å². The molecule has 10 heteroatoms. The minimum Gasteiger partial charge on any atom is -0.333 e. The molecule has 1 saturated heterocycles. The number of rotatable bonds is 5. The van der Waals surface area contributed by atoms with E-state index in [9.17, 15) is 14.9 Å². The van der Waals surface area contributed by atoms with Crippen molar-refractivity contribution in [1.29, 1.82) is 0 Å². The number of hydrogen-bond donors (Lipinski definition) is 0. The number of fused-ring (bicyclic) bond motifs is 3. The van der Waals surface area contributed by atoms with Crippen LogP contribution in [0, 0.1) is 10.1 Å².